The first-order valence-corrected chi connectivity index (χ1v) is 5.76. The van der Waals surface area contributed by atoms with Gasteiger partial charge in [-0.1, -0.05) is 36.4 Å². The molecular formula is C14H17NO4. The number of aromatic hydroxyl groups is 1. The molecule has 0 unspecified atom stereocenters. The van der Waals surface area contributed by atoms with Crippen molar-refractivity contribution in [2.75, 3.05) is 0 Å². The minimum absolute atomic E-state index is 0.0218. The Morgan fingerprint density at radius 1 is 1.26 bits per heavy atom. The minimum atomic E-state index is -1.11. The fourth-order valence-corrected chi connectivity index (χ4v) is 1.59. The Balaban J connectivity index is 3.00. The van der Waals surface area contributed by atoms with Gasteiger partial charge in [0.2, 0.25) is 0 Å². The molecule has 0 aliphatic heterocycles. The highest BCUT2D eigenvalue weighted by atomic mass is 16.3. The highest BCUT2D eigenvalue weighted by molar-refractivity contribution is 5.99. The number of allylic oxidation sites excluding steroid dienone is 1. The largest absolute Gasteiger partial charge is 0.507 e. The third kappa shape index (κ3) is 3.94. The van der Waals surface area contributed by atoms with Crippen molar-refractivity contribution < 1.29 is 20.1 Å². The molecule has 1 rings (SSSR count). The van der Waals surface area contributed by atoms with Crippen LogP contribution in [0.3, 0.4) is 0 Å². The van der Waals surface area contributed by atoms with E-state index in [0.717, 1.165) is 0 Å². The van der Waals surface area contributed by atoms with E-state index < -0.39 is 18.1 Å². The molecule has 0 saturated heterocycles. The molecule has 5 heteroatoms. The van der Waals surface area contributed by atoms with Gasteiger partial charge in [0.15, 0.2) is 0 Å². The van der Waals surface area contributed by atoms with E-state index >= 15 is 0 Å². The zero-order valence-electron chi connectivity index (χ0n) is 10.5. The number of carbonyl (C=O) groups is 1. The Morgan fingerprint density at radius 2 is 1.89 bits per heavy atom. The highest BCUT2D eigenvalue weighted by Crippen LogP contribution is 2.21. The monoisotopic (exact) mass is 263 g/mol. The Bertz CT molecular complexity index is 508. The van der Waals surface area contributed by atoms with Gasteiger partial charge in [-0.25, -0.2) is 0 Å². The molecule has 0 spiro atoms. The van der Waals surface area contributed by atoms with Crippen molar-refractivity contribution in [2.24, 2.45) is 5.73 Å². The molecule has 0 aliphatic carbocycles. The van der Waals surface area contributed by atoms with Crippen molar-refractivity contribution in [1.29, 1.82) is 0 Å². The average Bonchev–Trinajstić information content (AvgIpc) is 2.35. The topological polar surface area (TPSA) is 104 Å². The number of nitrogens with two attached hydrogens (primary N) is 1. The van der Waals surface area contributed by atoms with E-state index in [1.807, 2.05) is 0 Å². The third-order valence-corrected chi connectivity index (χ3v) is 2.53. The van der Waals surface area contributed by atoms with Gasteiger partial charge >= 0.3 is 0 Å². The lowest BCUT2D eigenvalue weighted by molar-refractivity contribution is 0.0812. The Labute approximate surface area is 111 Å². The fraction of sp³-hybridized carbons (Fsp3) is 0.214. The van der Waals surface area contributed by atoms with E-state index in [0.29, 0.717) is 5.56 Å². The molecule has 0 saturated carbocycles. The summed E-state index contributed by atoms with van der Waals surface area (Å²) >= 11 is 0. The number of rotatable bonds is 5. The van der Waals surface area contributed by atoms with Gasteiger partial charge in [0.1, 0.15) is 18.0 Å². The lowest BCUT2D eigenvalue weighted by Gasteiger charge is -2.10. The molecule has 0 bridgehead atoms. The fourth-order valence-electron chi connectivity index (χ4n) is 1.59. The van der Waals surface area contributed by atoms with Crippen LogP contribution in [0.25, 0.3) is 6.08 Å². The van der Waals surface area contributed by atoms with Crippen LogP contribution in [0.15, 0.2) is 36.4 Å². The van der Waals surface area contributed by atoms with Crippen LogP contribution in [0.4, 0.5) is 0 Å². The van der Waals surface area contributed by atoms with Crippen LogP contribution in [-0.2, 0) is 0 Å². The smallest absolute Gasteiger partial charge is 0.253 e. The molecule has 1 amide bonds. The van der Waals surface area contributed by atoms with Gasteiger partial charge in [0.05, 0.1) is 5.56 Å². The van der Waals surface area contributed by atoms with Crippen LogP contribution in [0.1, 0.15) is 22.8 Å². The maximum Gasteiger partial charge on any atom is 0.253 e. The van der Waals surface area contributed by atoms with Crippen LogP contribution in [0.2, 0.25) is 0 Å². The van der Waals surface area contributed by atoms with Crippen LogP contribution in [0, 0.1) is 0 Å². The van der Waals surface area contributed by atoms with Gasteiger partial charge in [-0.2, -0.15) is 0 Å². The zero-order valence-corrected chi connectivity index (χ0v) is 10.5. The van der Waals surface area contributed by atoms with Gasteiger partial charge < -0.3 is 21.1 Å². The van der Waals surface area contributed by atoms with Gasteiger partial charge in [0, 0.05) is 0 Å². The lowest BCUT2D eigenvalue weighted by atomic mass is 10.0. The summed E-state index contributed by atoms with van der Waals surface area (Å²) < 4.78 is 0. The number of phenols is 1. The molecule has 0 aromatic heterocycles. The molecule has 0 fully saturated rings. The highest BCUT2D eigenvalue weighted by Gasteiger charge is 2.13. The quantitative estimate of drug-likeness (QED) is 0.590. The van der Waals surface area contributed by atoms with Crippen molar-refractivity contribution in [3.63, 3.8) is 0 Å². The summed E-state index contributed by atoms with van der Waals surface area (Å²) in [4.78, 5) is 11.2. The summed E-state index contributed by atoms with van der Waals surface area (Å²) in [5.74, 6) is -0.987. The molecule has 0 radical (unpaired) electrons. The van der Waals surface area contributed by atoms with Gasteiger partial charge in [-0.15, -0.1) is 0 Å². The molecule has 1 aromatic rings. The number of benzene rings is 1. The summed E-state index contributed by atoms with van der Waals surface area (Å²) in [6.45, 7) is 1.72. The molecule has 19 heavy (non-hydrogen) atoms. The van der Waals surface area contributed by atoms with E-state index in [-0.39, 0.29) is 11.3 Å². The SMILES string of the molecule is C/C=C/[C@H](O)[C@H](O)/C=C/c1cccc(O)c1C(N)=O. The molecule has 102 valence electrons. The van der Waals surface area contributed by atoms with Crippen LogP contribution in [-0.4, -0.2) is 33.4 Å². The molecule has 5 N–H and O–H groups in total. The summed E-state index contributed by atoms with van der Waals surface area (Å²) in [5.41, 5.74) is 5.53. The maximum absolute atomic E-state index is 11.2. The first-order chi connectivity index (χ1) is 8.97. The second kappa shape index (κ2) is 6.72. The van der Waals surface area contributed by atoms with Crippen molar-refractivity contribution >= 4 is 12.0 Å². The molecule has 1 aromatic carbocycles. The van der Waals surface area contributed by atoms with Gasteiger partial charge in [-0.05, 0) is 18.6 Å². The molecule has 0 heterocycles. The predicted molar refractivity (Wildman–Crippen MR) is 72.5 cm³/mol. The Kier molecular flexibility index (Phi) is 5.29. The van der Waals surface area contributed by atoms with Crippen LogP contribution < -0.4 is 5.73 Å². The standard InChI is InChI=1S/C14H17NO4/c1-2-4-10(16)11(17)8-7-9-5-3-6-12(18)13(9)14(15)19/h2-8,10-11,16-18H,1H3,(H2,15,19)/b4-2+,8-7+/t10-,11+/m0/s1. The Hall–Kier alpha value is -2.11. The summed E-state index contributed by atoms with van der Waals surface area (Å²) in [6, 6.07) is 4.48. The second-order valence-corrected chi connectivity index (χ2v) is 3.97. The van der Waals surface area contributed by atoms with E-state index in [9.17, 15) is 20.1 Å². The minimum Gasteiger partial charge on any atom is -0.507 e. The number of primary amides is 1. The van der Waals surface area contributed by atoms with Crippen LogP contribution in [0.5, 0.6) is 5.75 Å². The number of carbonyl (C=O) groups excluding carboxylic acids is 1. The first kappa shape index (κ1) is 14.9. The van der Waals surface area contributed by atoms with E-state index in [1.165, 1.54) is 24.3 Å². The average molecular weight is 263 g/mol. The first-order valence-electron chi connectivity index (χ1n) is 5.76. The summed E-state index contributed by atoms with van der Waals surface area (Å²) in [6.07, 6.45) is 3.66. The molecule has 2 atom stereocenters. The predicted octanol–water partition coefficient (Wildman–Crippen LogP) is 0.802. The van der Waals surface area contributed by atoms with Crippen LogP contribution >= 0.6 is 0 Å². The number of hydrogen-bond acceptors (Lipinski definition) is 4. The molecule has 0 aliphatic rings. The maximum atomic E-state index is 11.2. The summed E-state index contributed by atoms with van der Waals surface area (Å²) in [5, 5.41) is 28.7. The van der Waals surface area contributed by atoms with Gasteiger partial charge in [-0.3, -0.25) is 4.79 Å². The number of aliphatic hydroxyl groups excluding tert-OH is 2. The zero-order chi connectivity index (χ0) is 14.4. The number of aliphatic hydroxyl groups is 2. The van der Waals surface area contributed by atoms with Crippen molar-refractivity contribution in [3.05, 3.63) is 47.6 Å². The van der Waals surface area contributed by atoms with E-state index in [4.69, 9.17) is 5.73 Å². The molecular weight excluding hydrogens is 246 g/mol. The third-order valence-electron chi connectivity index (χ3n) is 2.53. The second-order valence-electron chi connectivity index (χ2n) is 3.97. The Morgan fingerprint density at radius 3 is 2.47 bits per heavy atom. The molecule has 5 nitrogen and oxygen atoms in total. The van der Waals surface area contributed by atoms with Crippen molar-refractivity contribution in [1.82, 2.24) is 0 Å². The van der Waals surface area contributed by atoms with E-state index in [1.54, 1.807) is 25.1 Å². The summed E-state index contributed by atoms with van der Waals surface area (Å²) in [7, 11) is 0. The van der Waals surface area contributed by atoms with Crippen molar-refractivity contribution in [3.8, 4) is 5.75 Å². The van der Waals surface area contributed by atoms with Crippen molar-refractivity contribution in [2.45, 2.75) is 19.1 Å². The van der Waals surface area contributed by atoms with E-state index in [2.05, 4.69) is 0 Å². The lowest BCUT2D eigenvalue weighted by Crippen LogP contribution is -2.21. The normalized spacial score (nSPS) is 14.9. The number of hydrogen-bond donors (Lipinski definition) is 4. The van der Waals surface area contributed by atoms with Gasteiger partial charge in [0.25, 0.3) is 5.91 Å². The number of amides is 1.